The Morgan fingerprint density at radius 2 is 2.04 bits per heavy atom. The zero-order valence-electron chi connectivity index (χ0n) is 16.9. The Balaban J connectivity index is 2.26. The van der Waals surface area contributed by atoms with Crippen molar-refractivity contribution < 1.29 is 14.2 Å². The van der Waals surface area contributed by atoms with E-state index in [9.17, 15) is 0 Å². The third-order valence-electron chi connectivity index (χ3n) is 5.71. The van der Waals surface area contributed by atoms with Crippen LogP contribution in [0.1, 0.15) is 59.8 Å². The molecular formula is C22H36O3. The molecule has 5 atom stereocenters. The van der Waals surface area contributed by atoms with Crippen molar-refractivity contribution in [2.75, 3.05) is 14.2 Å². The molecule has 0 spiro atoms. The molecule has 0 N–H and O–H groups in total. The normalized spacial score (nSPS) is 35.3. The number of fused-ring (bicyclic) bond motifs is 1. The largest absolute Gasteiger partial charge is 0.355 e. The average molecular weight is 349 g/mol. The molecule has 1 aliphatic carbocycles. The van der Waals surface area contributed by atoms with Crippen LogP contribution in [0.4, 0.5) is 0 Å². The fourth-order valence-electron chi connectivity index (χ4n) is 4.23. The van der Waals surface area contributed by atoms with Gasteiger partial charge in [-0.1, -0.05) is 36.3 Å². The van der Waals surface area contributed by atoms with Gasteiger partial charge in [-0.3, -0.25) is 0 Å². The zero-order valence-corrected chi connectivity index (χ0v) is 16.9. The van der Waals surface area contributed by atoms with Crippen LogP contribution in [0.15, 0.2) is 34.9 Å². The van der Waals surface area contributed by atoms with E-state index in [-0.39, 0.29) is 18.5 Å². The lowest BCUT2D eigenvalue weighted by Crippen LogP contribution is -2.31. The molecule has 0 aromatic carbocycles. The van der Waals surface area contributed by atoms with Gasteiger partial charge in [-0.05, 0) is 70.3 Å². The smallest absolute Gasteiger partial charge is 0.183 e. The van der Waals surface area contributed by atoms with Crippen LogP contribution in [0.3, 0.4) is 0 Å². The van der Waals surface area contributed by atoms with Crippen LogP contribution in [0, 0.1) is 17.8 Å². The van der Waals surface area contributed by atoms with Gasteiger partial charge < -0.3 is 14.2 Å². The Hall–Kier alpha value is -0.900. The summed E-state index contributed by atoms with van der Waals surface area (Å²) in [6.45, 7) is 9.00. The van der Waals surface area contributed by atoms with Gasteiger partial charge in [0.05, 0.1) is 0 Å². The first-order chi connectivity index (χ1) is 12.0. The van der Waals surface area contributed by atoms with Gasteiger partial charge in [-0.15, -0.1) is 0 Å². The zero-order chi connectivity index (χ0) is 18.4. The summed E-state index contributed by atoms with van der Waals surface area (Å²) in [5.41, 5.74) is 4.17. The minimum Gasteiger partial charge on any atom is -0.355 e. The summed E-state index contributed by atoms with van der Waals surface area (Å²) in [4.78, 5) is 0. The van der Waals surface area contributed by atoms with E-state index in [0.29, 0.717) is 11.8 Å². The summed E-state index contributed by atoms with van der Waals surface area (Å²) in [5, 5.41) is 0. The maximum absolute atomic E-state index is 6.06. The van der Waals surface area contributed by atoms with Crippen LogP contribution in [-0.2, 0) is 14.2 Å². The van der Waals surface area contributed by atoms with E-state index in [4.69, 9.17) is 14.2 Å². The summed E-state index contributed by atoms with van der Waals surface area (Å²) in [6.07, 6.45) is 12.2. The molecule has 1 heterocycles. The highest BCUT2D eigenvalue weighted by Crippen LogP contribution is 2.45. The molecule has 0 amide bonds. The van der Waals surface area contributed by atoms with E-state index < -0.39 is 0 Å². The molecule has 2 rings (SSSR count). The third-order valence-corrected chi connectivity index (χ3v) is 5.71. The predicted molar refractivity (Wildman–Crippen MR) is 103 cm³/mol. The lowest BCUT2D eigenvalue weighted by Gasteiger charge is -2.32. The Bertz CT molecular complexity index is 513. The number of hydrogen-bond donors (Lipinski definition) is 0. The minimum absolute atomic E-state index is 0.203. The number of allylic oxidation sites excluding steroid dienone is 5. The molecule has 3 heteroatoms. The van der Waals surface area contributed by atoms with E-state index in [1.54, 1.807) is 14.2 Å². The summed E-state index contributed by atoms with van der Waals surface area (Å²) < 4.78 is 17.4. The van der Waals surface area contributed by atoms with Gasteiger partial charge >= 0.3 is 0 Å². The quantitative estimate of drug-likeness (QED) is 0.582. The molecule has 1 fully saturated rings. The lowest BCUT2D eigenvalue weighted by molar-refractivity contribution is -0.194. The van der Waals surface area contributed by atoms with Crippen LogP contribution in [0.5, 0.6) is 0 Å². The standard InChI is InChI=1S/C22H36O3/c1-15(2)9-7-11-17(4)18-14-13-16(3)10-8-12-19-20(18)22(24-6)25-21(19)23-5/h9-10,12,17-18,20-22H,7-8,11,13-14H2,1-6H3/b16-10+,19-12+/t17-,18-,20-,21-,22-/m1/s1. The first-order valence-corrected chi connectivity index (χ1v) is 9.67. The fraction of sp³-hybridized carbons (Fsp3) is 0.727. The number of methoxy groups -OCH3 is 2. The third kappa shape index (κ3) is 5.29. The van der Waals surface area contributed by atoms with Gasteiger partial charge in [-0.25, -0.2) is 0 Å². The highest BCUT2D eigenvalue weighted by Gasteiger charge is 2.45. The molecule has 0 radical (unpaired) electrons. The molecule has 25 heavy (non-hydrogen) atoms. The molecule has 0 unspecified atom stereocenters. The molecule has 0 aromatic heterocycles. The van der Waals surface area contributed by atoms with Crippen molar-refractivity contribution in [1.82, 2.24) is 0 Å². The molecule has 2 aliphatic rings. The highest BCUT2D eigenvalue weighted by atomic mass is 16.8. The van der Waals surface area contributed by atoms with Gasteiger partial charge in [0.1, 0.15) is 0 Å². The first kappa shape index (κ1) is 20.4. The number of ether oxygens (including phenoxy) is 3. The van der Waals surface area contributed by atoms with Crippen LogP contribution in [0.25, 0.3) is 0 Å². The maximum atomic E-state index is 6.06. The maximum Gasteiger partial charge on any atom is 0.183 e. The van der Waals surface area contributed by atoms with Crippen molar-refractivity contribution in [2.24, 2.45) is 17.8 Å². The topological polar surface area (TPSA) is 27.7 Å². The van der Waals surface area contributed by atoms with E-state index in [2.05, 4.69) is 45.9 Å². The molecule has 1 aliphatic heterocycles. The Kier molecular flexibility index (Phi) is 7.92. The summed E-state index contributed by atoms with van der Waals surface area (Å²) in [5.74, 6) is 1.45. The van der Waals surface area contributed by atoms with E-state index in [1.165, 1.54) is 29.6 Å². The van der Waals surface area contributed by atoms with Crippen molar-refractivity contribution in [1.29, 1.82) is 0 Å². The molecule has 142 valence electrons. The highest BCUT2D eigenvalue weighted by molar-refractivity contribution is 5.20. The summed E-state index contributed by atoms with van der Waals surface area (Å²) in [6, 6.07) is 0. The number of hydrogen-bond acceptors (Lipinski definition) is 3. The van der Waals surface area contributed by atoms with Gasteiger partial charge in [-0.2, -0.15) is 0 Å². The van der Waals surface area contributed by atoms with Crippen molar-refractivity contribution in [3.8, 4) is 0 Å². The van der Waals surface area contributed by atoms with E-state index >= 15 is 0 Å². The van der Waals surface area contributed by atoms with Crippen molar-refractivity contribution >= 4 is 0 Å². The average Bonchev–Trinajstić information content (AvgIpc) is 2.94. The van der Waals surface area contributed by atoms with Crippen molar-refractivity contribution in [3.63, 3.8) is 0 Å². The summed E-state index contributed by atoms with van der Waals surface area (Å²) >= 11 is 0. The SMILES string of the molecule is CO[C@@H]1O[C@@H](OC)[C@H]2/C1=C\C/C=C(\C)CC[C@@H]2[C@H](C)CCC=C(C)C. The molecule has 0 saturated carbocycles. The lowest BCUT2D eigenvalue weighted by atomic mass is 9.74. The minimum atomic E-state index is -0.269. The Morgan fingerprint density at radius 3 is 2.68 bits per heavy atom. The molecule has 0 aromatic rings. The molecular weight excluding hydrogens is 312 g/mol. The molecule has 3 nitrogen and oxygen atoms in total. The van der Waals surface area contributed by atoms with Crippen LogP contribution in [0.2, 0.25) is 0 Å². The Morgan fingerprint density at radius 1 is 1.28 bits per heavy atom. The van der Waals surface area contributed by atoms with Crippen LogP contribution < -0.4 is 0 Å². The van der Waals surface area contributed by atoms with Crippen molar-refractivity contribution in [2.45, 2.75) is 72.4 Å². The Labute approximate surface area is 154 Å². The molecule has 1 saturated heterocycles. The van der Waals surface area contributed by atoms with Gasteiger partial charge in [0, 0.05) is 20.1 Å². The monoisotopic (exact) mass is 348 g/mol. The second kappa shape index (κ2) is 9.70. The van der Waals surface area contributed by atoms with E-state index in [1.807, 2.05) is 0 Å². The summed E-state index contributed by atoms with van der Waals surface area (Å²) in [7, 11) is 3.48. The second-order valence-corrected chi connectivity index (χ2v) is 7.86. The van der Waals surface area contributed by atoms with Gasteiger partial charge in [0.15, 0.2) is 12.6 Å². The molecule has 0 bridgehead atoms. The predicted octanol–water partition coefficient (Wildman–Crippen LogP) is 5.63. The van der Waals surface area contributed by atoms with Gasteiger partial charge in [0.2, 0.25) is 0 Å². The van der Waals surface area contributed by atoms with Crippen LogP contribution >= 0.6 is 0 Å². The fourth-order valence-corrected chi connectivity index (χ4v) is 4.23. The first-order valence-electron chi connectivity index (χ1n) is 9.67. The number of rotatable bonds is 6. The van der Waals surface area contributed by atoms with E-state index in [0.717, 1.165) is 19.3 Å². The van der Waals surface area contributed by atoms with Gasteiger partial charge in [0.25, 0.3) is 0 Å². The van der Waals surface area contributed by atoms with Crippen LogP contribution in [-0.4, -0.2) is 26.8 Å². The van der Waals surface area contributed by atoms with Crippen molar-refractivity contribution in [3.05, 3.63) is 34.9 Å². The second-order valence-electron chi connectivity index (χ2n) is 7.86.